The summed E-state index contributed by atoms with van der Waals surface area (Å²) in [6.45, 7) is 3.47. The van der Waals surface area contributed by atoms with Crippen molar-refractivity contribution in [1.29, 1.82) is 0 Å². The molecule has 0 atom stereocenters. The van der Waals surface area contributed by atoms with Crippen LogP contribution in [0.2, 0.25) is 0 Å². The molecule has 0 bridgehead atoms. The summed E-state index contributed by atoms with van der Waals surface area (Å²) in [5.41, 5.74) is -0.534. The average molecular weight is 138 g/mol. The zero-order valence-corrected chi connectivity index (χ0v) is 5.71. The molecule has 0 saturated heterocycles. The van der Waals surface area contributed by atoms with Gasteiger partial charge in [0.05, 0.1) is 5.41 Å². The Morgan fingerprint density at radius 3 is 2.50 bits per heavy atom. The Morgan fingerprint density at radius 2 is 2.20 bits per heavy atom. The topological polar surface area (TPSA) is 37.3 Å². The molecule has 0 aromatic rings. The molecule has 0 unspecified atom stereocenters. The van der Waals surface area contributed by atoms with Gasteiger partial charge in [-0.2, -0.15) is 0 Å². The maximum absolute atomic E-state index is 10.5. The van der Waals surface area contributed by atoms with Crippen molar-refractivity contribution in [3.8, 4) is 0 Å². The van der Waals surface area contributed by atoms with Crippen LogP contribution in [-0.4, -0.2) is 11.1 Å². The van der Waals surface area contributed by atoms with Crippen LogP contribution in [0, 0.1) is 5.41 Å². The zero-order valence-electron chi connectivity index (χ0n) is 5.71. The minimum atomic E-state index is -0.717. The largest absolute Gasteiger partial charge is 0.481 e. The second kappa shape index (κ2) is 2.29. The number of carboxylic acid groups (broad SMARTS) is 1. The van der Waals surface area contributed by atoms with Gasteiger partial charge < -0.3 is 5.11 Å². The van der Waals surface area contributed by atoms with Crippen molar-refractivity contribution in [3.63, 3.8) is 0 Å². The highest BCUT2D eigenvalue weighted by Crippen LogP contribution is 2.47. The van der Waals surface area contributed by atoms with Crippen LogP contribution in [0.25, 0.3) is 0 Å². The van der Waals surface area contributed by atoms with Crippen molar-refractivity contribution in [1.82, 2.24) is 0 Å². The van der Waals surface area contributed by atoms with Gasteiger partial charge >= 0.3 is 5.97 Å². The van der Waals surface area contributed by atoms with E-state index in [1.807, 2.05) is 0 Å². The lowest BCUT2D eigenvalue weighted by atomic mass is 10.1. The molecule has 0 amide bonds. The molecule has 1 N–H and O–H groups in total. The molecular weight excluding hydrogens is 128 g/mol. The van der Waals surface area contributed by atoms with Crippen LogP contribution in [0.1, 0.15) is 12.8 Å². The maximum atomic E-state index is 10.5. The summed E-state index contributed by atoms with van der Waals surface area (Å²) in [5.74, 6) is -0.717. The van der Waals surface area contributed by atoms with E-state index in [0.29, 0.717) is 0 Å². The smallest absolute Gasteiger partial charge is 0.313 e. The van der Waals surface area contributed by atoms with Gasteiger partial charge in [0.15, 0.2) is 0 Å². The fourth-order valence-corrected chi connectivity index (χ4v) is 0.839. The molecule has 54 valence electrons. The molecule has 0 heterocycles. The Balaban J connectivity index is 2.61. The fourth-order valence-electron chi connectivity index (χ4n) is 0.839. The van der Waals surface area contributed by atoms with E-state index in [1.54, 1.807) is 18.2 Å². The van der Waals surface area contributed by atoms with Crippen molar-refractivity contribution >= 4 is 5.97 Å². The Morgan fingerprint density at radius 1 is 1.60 bits per heavy atom. The Kier molecular flexibility index (Phi) is 1.62. The lowest BCUT2D eigenvalue weighted by Gasteiger charge is -1.98. The molecule has 0 aliphatic heterocycles. The summed E-state index contributed by atoms with van der Waals surface area (Å²) in [6.07, 6.45) is 6.55. The summed E-state index contributed by atoms with van der Waals surface area (Å²) in [7, 11) is 0. The van der Waals surface area contributed by atoms with E-state index in [-0.39, 0.29) is 0 Å². The molecular formula is C8H10O2. The van der Waals surface area contributed by atoms with E-state index in [2.05, 4.69) is 6.58 Å². The van der Waals surface area contributed by atoms with E-state index in [9.17, 15) is 4.79 Å². The van der Waals surface area contributed by atoms with Crippen molar-refractivity contribution in [2.75, 3.05) is 0 Å². The number of hydrogen-bond acceptors (Lipinski definition) is 1. The molecule has 1 rings (SSSR count). The number of aliphatic carboxylic acids is 1. The van der Waals surface area contributed by atoms with Crippen LogP contribution in [0.3, 0.4) is 0 Å². The average Bonchev–Trinajstić information content (AvgIpc) is 2.64. The van der Waals surface area contributed by atoms with Crippen LogP contribution >= 0.6 is 0 Å². The van der Waals surface area contributed by atoms with Crippen molar-refractivity contribution in [3.05, 3.63) is 24.8 Å². The molecule has 0 spiro atoms. The van der Waals surface area contributed by atoms with E-state index in [1.165, 1.54) is 0 Å². The van der Waals surface area contributed by atoms with E-state index in [0.717, 1.165) is 12.8 Å². The van der Waals surface area contributed by atoms with E-state index >= 15 is 0 Å². The first-order valence-electron chi connectivity index (χ1n) is 3.25. The third kappa shape index (κ3) is 1.10. The van der Waals surface area contributed by atoms with Gasteiger partial charge in [-0.05, 0) is 12.8 Å². The summed E-state index contributed by atoms with van der Waals surface area (Å²) in [6, 6.07) is 0. The molecule has 2 heteroatoms. The first-order chi connectivity index (χ1) is 4.71. The predicted molar refractivity (Wildman–Crippen MR) is 38.6 cm³/mol. The molecule has 1 saturated carbocycles. The number of carbonyl (C=O) groups is 1. The molecule has 2 nitrogen and oxygen atoms in total. The standard InChI is InChI=1S/C8H10O2/c1-2-3-4-8(5-6-8)7(9)10/h2-4H,1,5-6H2,(H,9,10). The zero-order chi connectivity index (χ0) is 7.61. The number of carboxylic acids is 1. The van der Waals surface area contributed by atoms with Gasteiger partial charge in [0, 0.05) is 0 Å². The van der Waals surface area contributed by atoms with Gasteiger partial charge in [-0.3, -0.25) is 4.79 Å². The van der Waals surface area contributed by atoms with Crippen LogP contribution < -0.4 is 0 Å². The maximum Gasteiger partial charge on any atom is 0.313 e. The SMILES string of the molecule is C=CC=CC1(C(=O)O)CC1. The first-order valence-corrected chi connectivity index (χ1v) is 3.25. The predicted octanol–water partition coefficient (Wildman–Crippen LogP) is 1.59. The second-order valence-corrected chi connectivity index (χ2v) is 2.56. The van der Waals surface area contributed by atoms with Gasteiger partial charge in [-0.25, -0.2) is 0 Å². The molecule has 10 heavy (non-hydrogen) atoms. The quantitative estimate of drug-likeness (QED) is 0.601. The van der Waals surface area contributed by atoms with Crippen LogP contribution in [-0.2, 0) is 4.79 Å². The highest BCUT2D eigenvalue weighted by atomic mass is 16.4. The minimum absolute atomic E-state index is 0.534. The first kappa shape index (κ1) is 7.06. The van der Waals surface area contributed by atoms with Crippen LogP contribution in [0.4, 0.5) is 0 Å². The minimum Gasteiger partial charge on any atom is -0.481 e. The Labute approximate surface area is 59.9 Å². The van der Waals surface area contributed by atoms with Gasteiger partial charge in [-0.15, -0.1) is 0 Å². The van der Waals surface area contributed by atoms with Crippen molar-refractivity contribution < 1.29 is 9.90 Å². The molecule has 0 radical (unpaired) electrons. The van der Waals surface area contributed by atoms with Crippen molar-refractivity contribution in [2.45, 2.75) is 12.8 Å². The normalized spacial score (nSPS) is 20.8. The Bertz CT molecular complexity index is 187. The lowest BCUT2D eigenvalue weighted by Crippen LogP contribution is -2.10. The highest BCUT2D eigenvalue weighted by molar-refractivity contribution is 5.80. The van der Waals surface area contributed by atoms with E-state index < -0.39 is 11.4 Å². The molecule has 1 aliphatic carbocycles. The summed E-state index contributed by atoms with van der Waals surface area (Å²) >= 11 is 0. The second-order valence-electron chi connectivity index (χ2n) is 2.56. The molecule has 0 aromatic carbocycles. The fraction of sp³-hybridized carbons (Fsp3) is 0.375. The molecule has 0 aromatic heterocycles. The van der Waals surface area contributed by atoms with E-state index in [4.69, 9.17) is 5.11 Å². The third-order valence-electron chi connectivity index (χ3n) is 1.77. The molecule has 1 aliphatic rings. The summed E-state index contributed by atoms with van der Waals surface area (Å²) in [5, 5.41) is 8.64. The van der Waals surface area contributed by atoms with Gasteiger partial charge in [-0.1, -0.05) is 24.8 Å². The summed E-state index contributed by atoms with van der Waals surface area (Å²) < 4.78 is 0. The lowest BCUT2D eigenvalue weighted by molar-refractivity contribution is -0.141. The number of rotatable bonds is 3. The Hall–Kier alpha value is -1.05. The summed E-state index contributed by atoms with van der Waals surface area (Å²) in [4.78, 5) is 10.5. The monoisotopic (exact) mass is 138 g/mol. The van der Waals surface area contributed by atoms with Crippen molar-refractivity contribution in [2.24, 2.45) is 5.41 Å². The number of allylic oxidation sites excluding steroid dienone is 2. The van der Waals surface area contributed by atoms with Gasteiger partial charge in [0.25, 0.3) is 0 Å². The van der Waals surface area contributed by atoms with Crippen LogP contribution in [0.5, 0.6) is 0 Å². The third-order valence-corrected chi connectivity index (χ3v) is 1.77. The highest BCUT2D eigenvalue weighted by Gasteiger charge is 2.47. The van der Waals surface area contributed by atoms with Gasteiger partial charge in [0.1, 0.15) is 0 Å². The number of hydrogen-bond donors (Lipinski definition) is 1. The molecule has 1 fully saturated rings. The van der Waals surface area contributed by atoms with Gasteiger partial charge in [0.2, 0.25) is 0 Å². The van der Waals surface area contributed by atoms with Crippen LogP contribution in [0.15, 0.2) is 24.8 Å².